The Kier molecular flexibility index (Phi) is 1.87. The molecule has 2 rings (SSSR count). The van der Waals surface area contributed by atoms with Crippen LogP contribution in [0.25, 0.3) is 0 Å². The number of imide groups is 1. The molecule has 2 fully saturated rings. The fourth-order valence-corrected chi connectivity index (χ4v) is 1.79. The van der Waals surface area contributed by atoms with Crippen LogP contribution >= 0.6 is 0 Å². The average molecular weight is 182 g/mol. The topological polar surface area (TPSA) is 49.4 Å². The van der Waals surface area contributed by atoms with Crippen molar-refractivity contribution < 1.29 is 9.59 Å². The number of hydrogen-bond donors (Lipinski definition) is 1. The summed E-state index contributed by atoms with van der Waals surface area (Å²) in [6.07, 6.45) is 0. The molecule has 0 radical (unpaired) electrons. The number of nitrogens with one attached hydrogen (secondary N) is 1. The van der Waals surface area contributed by atoms with Gasteiger partial charge in [0.2, 0.25) is 11.8 Å². The van der Waals surface area contributed by atoms with Crippen molar-refractivity contribution >= 4 is 11.8 Å². The van der Waals surface area contributed by atoms with Crippen molar-refractivity contribution in [2.24, 2.45) is 11.8 Å². The smallest absolute Gasteiger partial charge is 0.233 e. The second kappa shape index (κ2) is 2.80. The standard InChI is InChI=1S/C9H14N2O2/c1-5-6(2)9(13)11(8(5)12)7-3-10-4-7/h5-7,10H,3-4H2,1-2H3. The highest BCUT2D eigenvalue weighted by Crippen LogP contribution is 2.27. The van der Waals surface area contributed by atoms with Crippen LogP contribution in [0.5, 0.6) is 0 Å². The fraction of sp³-hybridized carbons (Fsp3) is 0.778. The van der Waals surface area contributed by atoms with E-state index in [1.165, 1.54) is 4.90 Å². The third kappa shape index (κ3) is 1.09. The van der Waals surface area contributed by atoms with Gasteiger partial charge in [-0.2, -0.15) is 0 Å². The Bertz CT molecular complexity index is 240. The van der Waals surface area contributed by atoms with Crippen LogP contribution in [-0.2, 0) is 9.59 Å². The number of amides is 2. The average Bonchev–Trinajstić information content (AvgIpc) is 2.19. The molecule has 0 aromatic carbocycles. The lowest BCUT2D eigenvalue weighted by Crippen LogP contribution is -2.59. The van der Waals surface area contributed by atoms with Gasteiger partial charge in [-0.1, -0.05) is 13.8 Å². The molecule has 0 aliphatic carbocycles. The Balaban J connectivity index is 2.18. The lowest BCUT2D eigenvalue weighted by molar-refractivity contribution is -0.143. The van der Waals surface area contributed by atoms with Crippen molar-refractivity contribution in [2.75, 3.05) is 13.1 Å². The molecule has 13 heavy (non-hydrogen) atoms. The fourth-order valence-electron chi connectivity index (χ4n) is 1.79. The van der Waals surface area contributed by atoms with E-state index in [2.05, 4.69) is 5.32 Å². The van der Waals surface area contributed by atoms with E-state index in [9.17, 15) is 9.59 Å². The lowest BCUT2D eigenvalue weighted by Gasteiger charge is -2.34. The maximum Gasteiger partial charge on any atom is 0.233 e. The summed E-state index contributed by atoms with van der Waals surface area (Å²) in [4.78, 5) is 24.7. The van der Waals surface area contributed by atoms with Gasteiger partial charge in [-0.15, -0.1) is 0 Å². The molecule has 0 saturated carbocycles. The summed E-state index contributed by atoms with van der Waals surface area (Å²) in [5.41, 5.74) is 0. The normalized spacial score (nSPS) is 35.4. The Hall–Kier alpha value is -0.900. The Morgan fingerprint density at radius 1 is 1.15 bits per heavy atom. The van der Waals surface area contributed by atoms with Crippen molar-refractivity contribution in [3.63, 3.8) is 0 Å². The number of carbonyl (C=O) groups excluding carboxylic acids is 2. The maximum absolute atomic E-state index is 11.6. The van der Waals surface area contributed by atoms with Gasteiger partial charge in [0, 0.05) is 24.9 Å². The van der Waals surface area contributed by atoms with Gasteiger partial charge in [0.15, 0.2) is 0 Å². The van der Waals surface area contributed by atoms with E-state index in [0.29, 0.717) is 0 Å². The quantitative estimate of drug-likeness (QED) is 0.561. The number of rotatable bonds is 1. The zero-order valence-corrected chi connectivity index (χ0v) is 7.91. The first-order valence-electron chi connectivity index (χ1n) is 4.70. The Morgan fingerprint density at radius 3 is 1.92 bits per heavy atom. The Morgan fingerprint density at radius 2 is 1.62 bits per heavy atom. The van der Waals surface area contributed by atoms with Gasteiger partial charge in [-0.25, -0.2) is 0 Å². The molecule has 2 aliphatic heterocycles. The summed E-state index contributed by atoms with van der Waals surface area (Å²) in [6.45, 7) is 5.18. The zero-order chi connectivity index (χ0) is 9.59. The SMILES string of the molecule is CC1C(=O)N(C2CNC2)C(=O)C1C. The molecule has 0 aromatic rings. The summed E-state index contributed by atoms with van der Waals surface area (Å²) in [5.74, 6) is -0.255. The summed E-state index contributed by atoms with van der Waals surface area (Å²) >= 11 is 0. The molecule has 2 amide bonds. The molecule has 2 heterocycles. The molecule has 0 bridgehead atoms. The van der Waals surface area contributed by atoms with E-state index in [1.54, 1.807) is 0 Å². The van der Waals surface area contributed by atoms with Crippen molar-refractivity contribution in [2.45, 2.75) is 19.9 Å². The van der Waals surface area contributed by atoms with Crippen molar-refractivity contribution in [3.05, 3.63) is 0 Å². The van der Waals surface area contributed by atoms with E-state index in [-0.39, 0.29) is 29.7 Å². The Labute approximate surface area is 77.3 Å². The molecule has 2 atom stereocenters. The molecule has 4 heteroatoms. The molecule has 2 saturated heterocycles. The van der Waals surface area contributed by atoms with Gasteiger partial charge in [-0.05, 0) is 0 Å². The monoisotopic (exact) mass is 182 g/mol. The number of carbonyl (C=O) groups is 2. The lowest BCUT2D eigenvalue weighted by atomic mass is 10.00. The summed E-state index contributed by atoms with van der Waals surface area (Å²) < 4.78 is 0. The summed E-state index contributed by atoms with van der Waals surface area (Å²) in [7, 11) is 0. The summed E-state index contributed by atoms with van der Waals surface area (Å²) in [6, 6.07) is 0.118. The minimum atomic E-state index is -0.131. The van der Waals surface area contributed by atoms with Crippen LogP contribution in [0, 0.1) is 11.8 Å². The van der Waals surface area contributed by atoms with Gasteiger partial charge in [0.1, 0.15) is 0 Å². The van der Waals surface area contributed by atoms with E-state index in [4.69, 9.17) is 0 Å². The highest BCUT2D eigenvalue weighted by molar-refractivity contribution is 6.05. The molecular weight excluding hydrogens is 168 g/mol. The third-order valence-electron chi connectivity index (χ3n) is 3.13. The second-order valence-corrected chi connectivity index (χ2v) is 3.94. The van der Waals surface area contributed by atoms with E-state index >= 15 is 0 Å². The van der Waals surface area contributed by atoms with Crippen molar-refractivity contribution in [3.8, 4) is 0 Å². The highest BCUT2D eigenvalue weighted by Gasteiger charge is 2.46. The summed E-state index contributed by atoms with van der Waals surface area (Å²) in [5, 5.41) is 3.06. The van der Waals surface area contributed by atoms with E-state index < -0.39 is 0 Å². The first-order valence-corrected chi connectivity index (χ1v) is 4.70. The van der Waals surface area contributed by atoms with Gasteiger partial charge < -0.3 is 5.32 Å². The molecule has 2 aliphatic rings. The molecule has 1 N–H and O–H groups in total. The first-order chi connectivity index (χ1) is 6.13. The van der Waals surface area contributed by atoms with Crippen molar-refractivity contribution in [1.82, 2.24) is 10.2 Å². The van der Waals surface area contributed by atoms with Crippen LogP contribution in [0.3, 0.4) is 0 Å². The molecule has 0 spiro atoms. The molecule has 4 nitrogen and oxygen atoms in total. The number of hydrogen-bond acceptors (Lipinski definition) is 3. The molecular formula is C9H14N2O2. The minimum Gasteiger partial charge on any atom is -0.313 e. The predicted molar refractivity (Wildman–Crippen MR) is 46.8 cm³/mol. The highest BCUT2D eigenvalue weighted by atomic mass is 16.2. The van der Waals surface area contributed by atoms with Crippen LogP contribution in [-0.4, -0.2) is 35.8 Å². The second-order valence-electron chi connectivity index (χ2n) is 3.94. The van der Waals surface area contributed by atoms with E-state index in [1.807, 2.05) is 13.8 Å². The van der Waals surface area contributed by atoms with Crippen LogP contribution in [0.15, 0.2) is 0 Å². The van der Waals surface area contributed by atoms with E-state index in [0.717, 1.165) is 13.1 Å². The third-order valence-corrected chi connectivity index (χ3v) is 3.13. The molecule has 72 valence electrons. The number of nitrogens with zero attached hydrogens (tertiary/aromatic N) is 1. The number of likely N-dealkylation sites (tertiary alicyclic amines) is 1. The van der Waals surface area contributed by atoms with Crippen LogP contribution in [0.4, 0.5) is 0 Å². The van der Waals surface area contributed by atoms with Gasteiger partial charge in [0.25, 0.3) is 0 Å². The maximum atomic E-state index is 11.6. The molecule has 2 unspecified atom stereocenters. The predicted octanol–water partition coefficient (Wildman–Crippen LogP) is -0.401. The first kappa shape index (κ1) is 8.69. The van der Waals surface area contributed by atoms with Gasteiger partial charge in [0.05, 0.1) is 6.04 Å². The molecule has 0 aromatic heterocycles. The van der Waals surface area contributed by atoms with Gasteiger partial charge in [-0.3, -0.25) is 14.5 Å². The minimum absolute atomic E-state index is 0.00370. The van der Waals surface area contributed by atoms with Crippen LogP contribution in [0.1, 0.15) is 13.8 Å². The zero-order valence-electron chi connectivity index (χ0n) is 7.91. The largest absolute Gasteiger partial charge is 0.313 e. The van der Waals surface area contributed by atoms with Gasteiger partial charge >= 0.3 is 0 Å². The van der Waals surface area contributed by atoms with Crippen LogP contribution < -0.4 is 5.32 Å². The van der Waals surface area contributed by atoms with Crippen LogP contribution in [0.2, 0.25) is 0 Å². The van der Waals surface area contributed by atoms with Crippen molar-refractivity contribution in [1.29, 1.82) is 0 Å².